The van der Waals surface area contributed by atoms with Crippen LogP contribution < -0.4 is 11.5 Å². The number of aliphatic carboxylic acids is 1. The van der Waals surface area contributed by atoms with Gasteiger partial charge in [0.2, 0.25) is 5.95 Å². The van der Waals surface area contributed by atoms with E-state index in [1.165, 1.54) is 12.4 Å². The summed E-state index contributed by atoms with van der Waals surface area (Å²) >= 11 is 0. The second kappa shape index (κ2) is 9.46. The number of nitrogens with zero attached hydrogens (tertiary/aromatic N) is 3. The van der Waals surface area contributed by atoms with Crippen LogP contribution >= 0.6 is 0 Å². The van der Waals surface area contributed by atoms with Crippen molar-refractivity contribution < 1.29 is 29.3 Å². The minimum absolute atomic E-state index is 0.0262. The number of rotatable bonds is 5. The zero-order valence-electron chi connectivity index (χ0n) is 19.9. The number of aromatic nitrogens is 3. The topological polar surface area (TPSA) is 198 Å². The lowest BCUT2D eigenvalue weighted by Crippen LogP contribution is -2.49. The van der Waals surface area contributed by atoms with Crippen LogP contribution in [0.5, 0.6) is 0 Å². The summed E-state index contributed by atoms with van der Waals surface area (Å²) in [6, 6.07) is 5.25. The van der Waals surface area contributed by atoms with Crippen molar-refractivity contribution in [3.05, 3.63) is 41.9 Å². The maximum absolute atomic E-state index is 12.7. The first-order chi connectivity index (χ1) is 17.0. The molecule has 190 valence electrons. The average Bonchev–Trinajstić information content (AvgIpc) is 3.36. The first-order valence-corrected chi connectivity index (χ1v) is 11.4. The van der Waals surface area contributed by atoms with E-state index in [0.29, 0.717) is 41.0 Å². The second-order valence-corrected chi connectivity index (χ2v) is 9.16. The fourth-order valence-corrected chi connectivity index (χ4v) is 5.00. The van der Waals surface area contributed by atoms with Crippen molar-refractivity contribution in [2.24, 2.45) is 11.7 Å². The Morgan fingerprint density at radius 3 is 2.50 bits per heavy atom. The Kier molecular flexibility index (Phi) is 6.55. The zero-order chi connectivity index (χ0) is 26.2. The highest BCUT2D eigenvalue weighted by Gasteiger charge is 2.54. The Bertz CT molecular complexity index is 1310. The fourth-order valence-electron chi connectivity index (χ4n) is 5.00. The first kappa shape index (κ1) is 24.9. The van der Waals surface area contributed by atoms with Gasteiger partial charge in [0.25, 0.3) is 5.97 Å². The number of hydrogen-bond acceptors (Lipinski definition) is 8. The number of anilines is 1. The Labute approximate surface area is 206 Å². The third kappa shape index (κ3) is 4.54. The maximum atomic E-state index is 12.7. The number of amides is 1. The number of aromatic amines is 1. The Balaban J connectivity index is 0.000000709. The lowest BCUT2D eigenvalue weighted by atomic mass is 9.71. The molecule has 1 aliphatic carbocycles. The van der Waals surface area contributed by atoms with Crippen molar-refractivity contribution in [2.75, 3.05) is 18.8 Å². The summed E-state index contributed by atoms with van der Waals surface area (Å²) in [5.74, 6) is -1.45. The van der Waals surface area contributed by atoms with E-state index in [0.717, 1.165) is 25.3 Å². The lowest BCUT2D eigenvalue weighted by molar-refractivity contribution is -0.134. The molecule has 2 fully saturated rings. The van der Waals surface area contributed by atoms with Gasteiger partial charge in [-0.05, 0) is 37.8 Å². The largest absolute Gasteiger partial charge is 0.481 e. The number of aromatic carboxylic acids is 1. The number of hydrogen-bond donors (Lipinski definition) is 5. The molecule has 7 N–H and O–H groups in total. The van der Waals surface area contributed by atoms with Crippen molar-refractivity contribution in [1.29, 1.82) is 0 Å². The number of benzene rings is 1. The summed E-state index contributed by atoms with van der Waals surface area (Å²) < 4.78 is 5.73. The molecule has 0 unspecified atom stereocenters. The van der Waals surface area contributed by atoms with Crippen LogP contribution in [0.3, 0.4) is 0 Å². The molecule has 1 aromatic carbocycles. The van der Waals surface area contributed by atoms with Crippen molar-refractivity contribution >= 4 is 34.9 Å². The van der Waals surface area contributed by atoms with Gasteiger partial charge in [-0.3, -0.25) is 9.69 Å². The minimum atomic E-state index is -1.10. The number of H-pyrrole nitrogens is 1. The van der Waals surface area contributed by atoms with Gasteiger partial charge >= 0.3 is 12.1 Å². The van der Waals surface area contributed by atoms with Crippen LogP contribution in [-0.4, -0.2) is 66.8 Å². The molecule has 12 heteroatoms. The van der Waals surface area contributed by atoms with E-state index in [2.05, 4.69) is 15.0 Å². The monoisotopic (exact) mass is 496 g/mol. The van der Waals surface area contributed by atoms with Crippen LogP contribution in [0.4, 0.5) is 10.7 Å². The van der Waals surface area contributed by atoms with Crippen molar-refractivity contribution in [2.45, 2.75) is 38.3 Å². The molecule has 1 saturated carbocycles. The number of carbonyl (C=O) groups excluding carboxylic acids is 1. The van der Waals surface area contributed by atoms with E-state index >= 15 is 0 Å². The number of ether oxygens (including phenoxy) is 1. The Morgan fingerprint density at radius 2 is 1.92 bits per heavy atom. The molecule has 1 spiro atoms. The predicted octanol–water partition coefficient (Wildman–Crippen LogP) is 2.62. The number of carboxylic acids is 2. The van der Waals surface area contributed by atoms with Gasteiger partial charge in [-0.25, -0.2) is 19.6 Å². The van der Waals surface area contributed by atoms with Crippen molar-refractivity contribution in [1.82, 2.24) is 19.9 Å². The normalized spacial score (nSPS) is 21.5. The molecular formula is C24H28N6O6. The molecule has 0 radical (unpaired) electrons. The smallest absolute Gasteiger partial charge is 0.411 e. The molecule has 1 amide bonds. The van der Waals surface area contributed by atoms with E-state index in [9.17, 15) is 14.7 Å². The highest BCUT2D eigenvalue weighted by atomic mass is 16.6. The van der Waals surface area contributed by atoms with Gasteiger partial charge in [0, 0.05) is 35.8 Å². The van der Waals surface area contributed by atoms with Crippen LogP contribution in [0.2, 0.25) is 0 Å². The standard InChI is InChI=1S/C22H24N6O4.C2H4O2/c1-11(28-10-22(32-21(28)31)5-12(6-22)7-23)14-3-2-4-15-16(13-8-25-20(24)26-9-13)18(19(29)30)27-17(14)15;1-2(3)4/h2-4,8-9,11-12,27H,5-7,10,23H2,1H3,(H,29,30)(H2,24,25,26);1H3,(H,3,4)/t11-,12?,22?;/m0./s1. The average molecular weight is 497 g/mol. The summed E-state index contributed by atoms with van der Waals surface area (Å²) in [5.41, 5.74) is 13.4. The molecule has 1 aliphatic heterocycles. The van der Waals surface area contributed by atoms with Crippen LogP contribution in [0.15, 0.2) is 30.6 Å². The Hall–Kier alpha value is -4.19. The summed E-state index contributed by atoms with van der Waals surface area (Å²) in [7, 11) is 0. The third-order valence-electron chi connectivity index (χ3n) is 6.61. The third-order valence-corrected chi connectivity index (χ3v) is 6.61. The number of para-hydroxylation sites is 1. The molecule has 0 bridgehead atoms. The van der Waals surface area contributed by atoms with Gasteiger partial charge in [0.15, 0.2) is 0 Å². The molecule has 5 rings (SSSR count). The van der Waals surface area contributed by atoms with Crippen LogP contribution in [0, 0.1) is 5.92 Å². The van der Waals surface area contributed by atoms with E-state index in [1.54, 1.807) is 4.90 Å². The minimum Gasteiger partial charge on any atom is -0.481 e. The quantitative estimate of drug-likeness (QED) is 0.350. The number of nitrogen functional groups attached to an aromatic ring is 1. The number of fused-ring (bicyclic) bond motifs is 1. The van der Waals surface area contributed by atoms with Gasteiger partial charge in [-0.15, -0.1) is 0 Å². The SMILES string of the molecule is CC(=O)O.C[C@@H](c1cccc2c(-c3cnc(N)nc3)c(C(=O)O)[nH]c12)N1CC2(CC(CN)C2)OC1=O. The molecule has 2 aromatic heterocycles. The molecular weight excluding hydrogens is 468 g/mol. The van der Waals surface area contributed by atoms with E-state index in [1.807, 2.05) is 25.1 Å². The van der Waals surface area contributed by atoms with Crippen LogP contribution in [0.1, 0.15) is 48.8 Å². The lowest BCUT2D eigenvalue weighted by Gasteiger charge is -2.42. The maximum Gasteiger partial charge on any atom is 0.411 e. The predicted molar refractivity (Wildman–Crippen MR) is 130 cm³/mol. The molecule has 3 heterocycles. The van der Waals surface area contributed by atoms with Crippen LogP contribution in [0.25, 0.3) is 22.0 Å². The second-order valence-electron chi connectivity index (χ2n) is 9.16. The Morgan fingerprint density at radius 1 is 1.28 bits per heavy atom. The molecule has 36 heavy (non-hydrogen) atoms. The van der Waals surface area contributed by atoms with Gasteiger partial charge in [0.05, 0.1) is 18.1 Å². The van der Waals surface area contributed by atoms with E-state index < -0.39 is 17.5 Å². The zero-order valence-corrected chi connectivity index (χ0v) is 19.9. The fraction of sp³-hybridized carbons (Fsp3) is 0.375. The van der Waals surface area contributed by atoms with Gasteiger partial charge in [-0.1, -0.05) is 18.2 Å². The summed E-state index contributed by atoms with van der Waals surface area (Å²) in [6.45, 7) is 4.08. The molecule has 12 nitrogen and oxygen atoms in total. The van der Waals surface area contributed by atoms with Gasteiger partial charge < -0.3 is 31.4 Å². The van der Waals surface area contributed by atoms with E-state index in [-0.39, 0.29) is 23.8 Å². The number of nitrogens with two attached hydrogens (primary N) is 2. The van der Waals surface area contributed by atoms with Crippen molar-refractivity contribution in [3.8, 4) is 11.1 Å². The first-order valence-electron chi connectivity index (χ1n) is 11.4. The summed E-state index contributed by atoms with van der Waals surface area (Å²) in [6.07, 6.45) is 4.19. The highest BCUT2D eigenvalue weighted by Crippen LogP contribution is 2.47. The highest BCUT2D eigenvalue weighted by molar-refractivity contribution is 6.08. The summed E-state index contributed by atoms with van der Waals surface area (Å²) in [4.78, 5) is 46.5. The van der Waals surface area contributed by atoms with Gasteiger partial charge in [-0.2, -0.15) is 0 Å². The molecule has 1 saturated heterocycles. The van der Waals surface area contributed by atoms with Crippen molar-refractivity contribution in [3.63, 3.8) is 0 Å². The number of nitrogens with one attached hydrogen (secondary N) is 1. The molecule has 1 atom stereocenters. The molecule has 3 aromatic rings. The molecule has 2 aliphatic rings. The summed E-state index contributed by atoms with van der Waals surface area (Å²) in [5, 5.41) is 18.0. The number of carboxylic acid groups (broad SMARTS) is 2. The van der Waals surface area contributed by atoms with Crippen LogP contribution in [-0.2, 0) is 9.53 Å². The number of carbonyl (C=O) groups is 3. The van der Waals surface area contributed by atoms with E-state index in [4.69, 9.17) is 26.1 Å². The van der Waals surface area contributed by atoms with Gasteiger partial charge in [0.1, 0.15) is 11.3 Å².